The Morgan fingerprint density at radius 1 is 1.45 bits per heavy atom. The fourth-order valence-corrected chi connectivity index (χ4v) is 2.11. The quantitative estimate of drug-likeness (QED) is 0.564. The molecule has 1 unspecified atom stereocenters. The molecular formula is C8H15NO2. The van der Waals surface area contributed by atoms with Crippen LogP contribution in [-0.4, -0.2) is 29.5 Å². The summed E-state index contributed by atoms with van der Waals surface area (Å²) < 4.78 is 5.47. The lowest BCUT2D eigenvalue weighted by molar-refractivity contribution is -0.0582. The third-order valence-corrected chi connectivity index (χ3v) is 2.80. The molecule has 0 aromatic rings. The molecule has 2 fully saturated rings. The largest absolute Gasteiger partial charge is 0.393 e. The monoisotopic (exact) mass is 157 g/mol. The molecule has 3 nitrogen and oxygen atoms in total. The maximum atomic E-state index is 9.11. The van der Waals surface area contributed by atoms with Gasteiger partial charge in [-0.2, -0.15) is 0 Å². The van der Waals surface area contributed by atoms with Gasteiger partial charge in [-0.3, -0.25) is 0 Å². The summed E-state index contributed by atoms with van der Waals surface area (Å²) >= 11 is 0. The van der Waals surface area contributed by atoms with Crippen LogP contribution in [0.1, 0.15) is 25.7 Å². The summed E-state index contributed by atoms with van der Waals surface area (Å²) in [5.74, 6) is 0. The third kappa shape index (κ3) is 1.17. The van der Waals surface area contributed by atoms with E-state index in [9.17, 15) is 0 Å². The lowest BCUT2D eigenvalue weighted by Crippen LogP contribution is -2.61. The molecule has 0 aromatic heterocycles. The van der Waals surface area contributed by atoms with Crippen LogP contribution in [0.3, 0.4) is 0 Å². The zero-order valence-electron chi connectivity index (χ0n) is 6.62. The van der Waals surface area contributed by atoms with Crippen molar-refractivity contribution in [3.8, 4) is 0 Å². The van der Waals surface area contributed by atoms with Crippen molar-refractivity contribution in [3.05, 3.63) is 0 Å². The Bertz CT molecular complexity index is 148. The molecule has 0 amide bonds. The summed E-state index contributed by atoms with van der Waals surface area (Å²) in [4.78, 5) is 0. The molecule has 2 rings (SSSR count). The lowest BCUT2D eigenvalue weighted by atomic mass is 9.71. The molecule has 0 spiro atoms. The van der Waals surface area contributed by atoms with Crippen molar-refractivity contribution in [2.45, 2.75) is 43.4 Å². The standard InChI is InChI=1S/C8H15NO2/c9-8(4-6(10)5-8)7-2-1-3-11-7/h6-7,10H,1-5,9H2. The second kappa shape index (κ2) is 2.44. The Hall–Kier alpha value is -0.120. The summed E-state index contributed by atoms with van der Waals surface area (Å²) in [6, 6.07) is 0. The fourth-order valence-electron chi connectivity index (χ4n) is 2.11. The molecule has 3 heteroatoms. The van der Waals surface area contributed by atoms with Crippen LogP contribution in [0.5, 0.6) is 0 Å². The van der Waals surface area contributed by atoms with Gasteiger partial charge in [0, 0.05) is 12.1 Å². The Balaban J connectivity index is 1.93. The molecule has 1 saturated heterocycles. The van der Waals surface area contributed by atoms with E-state index in [1.165, 1.54) is 0 Å². The minimum Gasteiger partial charge on any atom is -0.393 e. The second-order valence-electron chi connectivity index (χ2n) is 3.80. The topological polar surface area (TPSA) is 55.5 Å². The van der Waals surface area contributed by atoms with Crippen molar-refractivity contribution in [1.29, 1.82) is 0 Å². The first-order valence-electron chi connectivity index (χ1n) is 4.29. The van der Waals surface area contributed by atoms with Crippen molar-refractivity contribution in [2.75, 3.05) is 6.61 Å². The van der Waals surface area contributed by atoms with E-state index in [4.69, 9.17) is 15.6 Å². The molecule has 1 saturated carbocycles. The number of rotatable bonds is 1. The number of nitrogens with two attached hydrogens (primary N) is 1. The van der Waals surface area contributed by atoms with Crippen molar-refractivity contribution in [3.63, 3.8) is 0 Å². The second-order valence-corrected chi connectivity index (χ2v) is 3.80. The van der Waals surface area contributed by atoms with Gasteiger partial charge in [-0.15, -0.1) is 0 Å². The normalized spacial score (nSPS) is 50.7. The number of aliphatic hydroxyl groups is 1. The predicted octanol–water partition coefficient (Wildman–Crippen LogP) is 0.0176. The van der Waals surface area contributed by atoms with E-state index in [0.717, 1.165) is 32.3 Å². The van der Waals surface area contributed by atoms with Crippen LogP contribution in [0.25, 0.3) is 0 Å². The summed E-state index contributed by atoms with van der Waals surface area (Å²) in [5.41, 5.74) is 5.82. The molecule has 0 aromatic carbocycles. The van der Waals surface area contributed by atoms with Gasteiger partial charge in [0.05, 0.1) is 12.2 Å². The molecule has 1 atom stereocenters. The van der Waals surface area contributed by atoms with Gasteiger partial charge in [0.2, 0.25) is 0 Å². The maximum Gasteiger partial charge on any atom is 0.0757 e. The average Bonchev–Trinajstić information content (AvgIpc) is 2.34. The molecule has 2 aliphatic rings. The summed E-state index contributed by atoms with van der Waals surface area (Å²) in [6.07, 6.45) is 3.67. The number of aliphatic hydroxyl groups excluding tert-OH is 1. The van der Waals surface area contributed by atoms with Crippen molar-refractivity contribution in [2.24, 2.45) is 5.73 Å². The van der Waals surface area contributed by atoms with Crippen LogP contribution in [0, 0.1) is 0 Å². The van der Waals surface area contributed by atoms with E-state index in [1.54, 1.807) is 0 Å². The summed E-state index contributed by atoms with van der Waals surface area (Å²) in [5, 5.41) is 9.11. The molecule has 1 aliphatic heterocycles. The van der Waals surface area contributed by atoms with Crippen LogP contribution in [-0.2, 0) is 4.74 Å². The van der Waals surface area contributed by atoms with E-state index in [-0.39, 0.29) is 17.7 Å². The fraction of sp³-hybridized carbons (Fsp3) is 1.00. The third-order valence-electron chi connectivity index (χ3n) is 2.80. The van der Waals surface area contributed by atoms with E-state index >= 15 is 0 Å². The molecule has 3 N–H and O–H groups in total. The Labute approximate surface area is 66.5 Å². The van der Waals surface area contributed by atoms with E-state index in [2.05, 4.69) is 0 Å². The van der Waals surface area contributed by atoms with Gasteiger partial charge < -0.3 is 15.6 Å². The zero-order chi connectivity index (χ0) is 7.90. The van der Waals surface area contributed by atoms with Crippen LogP contribution in [0.2, 0.25) is 0 Å². The zero-order valence-corrected chi connectivity index (χ0v) is 6.62. The highest BCUT2D eigenvalue weighted by atomic mass is 16.5. The lowest BCUT2D eigenvalue weighted by Gasteiger charge is -2.45. The van der Waals surface area contributed by atoms with Gasteiger partial charge >= 0.3 is 0 Å². The number of ether oxygens (including phenoxy) is 1. The molecule has 0 bridgehead atoms. The van der Waals surface area contributed by atoms with Gasteiger partial charge in [-0.25, -0.2) is 0 Å². The van der Waals surface area contributed by atoms with Crippen molar-refractivity contribution < 1.29 is 9.84 Å². The van der Waals surface area contributed by atoms with Gasteiger partial charge in [-0.05, 0) is 25.7 Å². The number of hydrogen-bond acceptors (Lipinski definition) is 3. The predicted molar refractivity (Wildman–Crippen MR) is 41.1 cm³/mol. The SMILES string of the molecule is NC1(C2CCCO2)CC(O)C1. The van der Waals surface area contributed by atoms with E-state index in [0.29, 0.717) is 0 Å². The van der Waals surface area contributed by atoms with E-state index in [1.807, 2.05) is 0 Å². The Morgan fingerprint density at radius 3 is 2.64 bits per heavy atom. The highest BCUT2D eigenvalue weighted by Gasteiger charge is 2.47. The Morgan fingerprint density at radius 2 is 2.18 bits per heavy atom. The minimum absolute atomic E-state index is 0.177. The molecule has 1 heterocycles. The first kappa shape index (κ1) is 7.53. The average molecular weight is 157 g/mol. The van der Waals surface area contributed by atoms with E-state index < -0.39 is 0 Å². The molecule has 64 valence electrons. The highest BCUT2D eigenvalue weighted by molar-refractivity contribution is 5.05. The van der Waals surface area contributed by atoms with Crippen LogP contribution < -0.4 is 5.73 Å². The van der Waals surface area contributed by atoms with Crippen molar-refractivity contribution in [1.82, 2.24) is 0 Å². The smallest absolute Gasteiger partial charge is 0.0757 e. The summed E-state index contributed by atoms with van der Waals surface area (Å²) in [7, 11) is 0. The van der Waals surface area contributed by atoms with Crippen molar-refractivity contribution >= 4 is 0 Å². The first-order chi connectivity index (χ1) is 5.21. The molecule has 11 heavy (non-hydrogen) atoms. The first-order valence-corrected chi connectivity index (χ1v) is 4.29. The van der Waals surface area contributed by atoms with Crippen LogP contribution >= 0.6 is 0 Å². The molecule has 1 aliphatic carbocycles. The van der Waals surface area contributed by atoms with Gasteiger partial charge in [0.25, 0.3) is 0 Å². The summed E-state index contributed by atoms with van der Waals surface area (Å²) in [6.45, 7) is 0.847. The van der Waals surface area contributed by atoms with Crippen LogP contribution in [0.4, 0.5) is 0 Å². The van der Waals surface area contributed by atoms with Gasteiger partial charge in [0.1, 0.15) is 0 Å². The van der Waals surface area contributed by atoms with Gasteiger partial charge in [0.15, 0.2) is 0 Å². The van der Waals surface area contributed by atoms with Crippen LogP contribution in [0.15, 0.2) is 0 Å². The van der Waals surface area contributed by atoms with Gasteiger partial charge in [-0.1, -0.05) is 0 Å². The molecule has 0 radical (unpaired) electrons. The number of hydrogen-bond donors (Lipinski definition) is 2. The maximum absolute atomic E-state index is 9.11. The highest BCUT2D eigenvalue weighted by Crippen LogP contribution is 2.37. The molecular weight excluding hydrogens is 142 g/mol. The Kier molecular flexibility index (Phi) is 1.67. The minimum atomic E-state index is -0.198.